The lowest BCUT2D eigenvalue weighted by molar-refractivity contribution is -0.151. The SMILES string of the molecule is Cn1nnc(-c2ccc(O[C@H]3CCC[C@](C)(C(=O)O)C3)c(C3COC3)n2)c1CO. The van der Waals surface area contributed by atoms with Gasteiger partial charge >= 0.3 is 5.97 Å². The number of aryl methyl sites for hydroxylation is 1. The van der Waals surface area contributed by atoms with Gasteiger partial charge < -0.3 is 19.7 Å². The van der Waals surface area contributed by atoms with Crippen molar-refractivity contribution in [2.45, 2.75) is 51.2 Å². The zero-order valence-electron chi connectivity index (χ0n) is 16.7. The Morgan fingerprint density at radius 1 is 1.41 bits per heavy atom. The summed E-state index contributed by atoms with van der Waals surface area (Å²) in [7, 11) is 1.72. The molecule has 0 radical (unpaired) electrons. The number of aliphatic carboxylic acids is 1. The van der Waals surface area contributed by atoms with Gasteiger partial charge in [-0.25, -0.2) is 9.67 Å². The molecule has 1 saturated carbocycles. The van der Waals surface area contributed by atoms with E-state index in [2.05, 4.69) is 10.3 Å². The molecule has 4 rings (SSSR count). The van der Waals surface area contributed by atoms with E-state index in [1.165, 1.54) is 4.68 Å². The first-order valence-corrected chi connectivity index (χ1v) is 9.90. The van der Waals surface area contributed by atoms with Crippen molar-refractivity contribution < 1.29 is 24.5 Å². The fourth-order valence-electron chi connectivity index (χ4n) is 4.03. The molecule has 3 heterocycles. The summed E-state index contributed by atoms with van der Waals surface area (Å²) in [6.45, 7) is 2.74. The maximum atomic E-state index is 11.6. The number of aliphatic hydroxyl groups is 1. The molecule has 0 unspecified atom stereocenters. The second-order valence-electron chi connectivity index (χ2n) is 8.18. The minimum Gasteiger partial charge on any atom is -0.488 e. The number of pyridine rings is 1. The van der Waals surface area contributed by atoms with Crippen LogP contribution in [0.25, 0.3) is 11.4 Å². The number of ether oxygens (including phenoxy) is 2. The number of hydrogen-bond acceptors (Lipinski definition) is 7. The molecule has 2 fully saturated rings. The molecule has 0 aromatic carbocycles. The van der Waals surface area contributed by atoms with E-state index in [-0.39, 0.29) is 18.6 Å². The van der Waals surface area contributed by atoms with Crippen LogP contribution in [0.4, 0.5) is 0 Å². The summed E-state index contributed by atoms with van der Waals surface area (Å²) in [6.07, 6.45) is 2.62. The van der Waals surface area contributed by atoms with Gasteiger partial charge in [0.1, 0.15) is 11.4 Å². The van der Waals surface area contributed by atoms with Crippen LogP contribution in [-0.2, 0) is 23.2 Å². The Balaban J connectivity index is 1.63. The molecule has 9 nitrogen and oxygen atoms in total. The molecule has 2 aromatic rings. The van der Waals surface area contributed by atoms with Gasteiger partial charge in [0.25, 0.3) is 0 Å². The molecule has 0 amide bonds. The molecule has 1 aliphatic carbocycles. The minimum absolute atomic E-state index is 0.119. The van der Waals surface area contributed by atoms with Crippen LogP contribution in [0, 0.1) is 5.41 Å². The number of rotatable bonds is 6. The van der Waals surface area contributed by atoms with Crippen molar-refractivity contribution in [3.63, 3.8) is 0 Å². The second-order valence-corrected chi connectivity index (χ2v) is 8.18. The average Bonchev–Trinajstić information content (AvgIpc) is 3.02. The largest absolute Gasteiger partial charge is 0.488 e. The zero-order chi connectivity index (χ0) is 20.6. The highest BCUT2D eigenvalue weighted by atomic mass is 16.5. The van der Waals surface area contributed by atoms with Gasteiger partial charge in [0.05, 0.1) is 54.3 Å². The van der Waals surface area contributed by atoms with Crippen LogP contribution >= 0.6 is 0 Å². The summed E-state index contributed by atoms with van der Waals surface area (Å²) in [6, 6.07) is 3.67. The van der Waals surface area contributed by atoms with Gasteiger partial charge in [-0.1, -0.05) is 5.21 Å². The van der Waals surface area contributed by atoms with E-state index in [1.54, 1.807) is 20.0 Å². The number of nitrogens with zero attached hydrogens (tertiary/aromatic N) is 4. The lowest BCUT2D eigenvalue weighted by Crippen LogP contribution is -2.38. The molecule has 156 valence electrons. The zero-order valence-corrected chi connectivity index (χ0v) is 16.7. The standard InChI is InChI=1S/C20H26N4O5/c1-20(19(26)27)7-3-4-13(8-20)29-16-6-5-14(21-17(16)12-10-28-11-12)18-15(9-25)24(2)23-22-18/h5-6,12-13,25H,3-4,7-11H2,1-2H3,(H,26,27)/t13-,20-/m0/s1. The van der Waals surface area contributed by atoms with Gasteiger partial charge in [-0.15, -0.1) is 5.10 Å². The van der Waals surface area contributed by atoms with Crippen molar-refractivity contribution in [1.82, 2.24) is 20.0 Å². The lowest BCUT2D eigenvalue weighted by Gasteiger charge is -2.35. The molecule has 2 N–H and O–H groups in total. The maximum Gasteiger partial charge on any atom is 0.309 e. The predicted octanol–water partition coefficient (Wildman–Crippen LogP) is 1.90. The predicted molar refractivity (Wildman–Crippen MR) is 102 cm³/mol. The first-order chi connectivity index (χ1) is 13.9. The summed E-state index contributed by atoms with van der Waals surface area (Å²) in [5.74, 6) is 0.0100. The van der Waals surface area contributed by atoms with Gasteiger partial charge in [-0.05, 0) is 38.3 Å². The second kappa shape index (κ2) is 7.72. The number of carbonyl (C=O) groups is 1. The van der Waals surface area contributed by atoms with E-state index < -0.39 is 11.4 Å². The van der Waals surface area contributed by atoms with E-state index >= 15 is 0 Å². The molecule has 1 saturated heterocycles. The normalized spacial score (nSPS) is 24.9. The molecular weight excluding hydrogens is 376 g/mol. The fraction of sp³-hybridized carbons (Fsp3) is 0.600. The highest BCUT2D eigenvalue weighted by Gasteiger charge is 2.40. The lowest BCUT2D eigenvalue weighted by atomic mass is 9.74. The van der Waals surface area contributed by atoms with Crippen molar-refractivity contribution >= 4 is 5.97 Å². The Kier molecular flexibility index (Phi) is 5.26. The van der Waals surface area contributed by atoms with Gasteiger partial charge in [-0.3, -0.25) is 4.79 Å². The third kappa shape index (κ3) is 3.72. The molecular formula is C20H26N4O5. The average molecular weight is 402 g/mol. The number of carboxylic acid groups (broad SMARTS) is 1. The number of carboxylic acids is 1. The maximum absolute atomic E-state index is 11.6. The highest BCUT2D eigenvalue weighted by Crippen LogP contribution is 2.40. The molecule has 0 bridgehead atoms. The van der Waals surface area contributed by atoms with E-state index in [0.717, 1.165) is 18.5 Å². The van der Waals surface area contributed by atoms with E-state index in [0.29, 0.717) is 48.9 Å². The Morgan fingerprint density at radius 3 is 2.86 bits per heavy atom. The molecule has 0 spiro atoms. The fourth-order valence-corrected chi connectivity index (χ4v) is 4.03. The van der Waals surface area contributed by atoms with Crippen LogP contribution in [0.3, 0.4) is 0 Å². The molecule has 1 aliphatic heterocycles. The van der Waals surface area contributed by atoms with Crippen LogP contribution < -0.4 is 4.74 Å². The minimum atomic E-state index is -0.772. The van der Waals surface area contributed by atoms with Crippen molar-refractivity contribution in [3.05, 3.63) is 23.5 Å². The van der Waals surface area contributed by atoms with E-state index in [4.69, 9.17) is 14.5 Å². The van der Waals surface area contributed by atoms with Gasteiger partial charge in [0.15, 0.2) is 0 Å². The van der Waals surface area contributed by atoms with Crippen LogP contribution in [0.5, 0.6) is 5.75 Å². The summed E-state index contributed by atoms with van der Waals surface area (Å²) in [4.78, 5) is 16.4. The number of aliphatic hydroxyl groups excluding tert-OH is 1. The Morgan fingerprint density at radius 2 is 2.21 bits per heavy atom. The Hall–Kier alpha value is -2.52. The quantitative estimate of drug-likeness (QED) is 0.752. The topological polar surface area (TPSA) is 120 Å². The molecule has 2 atom stereocenters. The highest BCUT2D eigenvalue weighted by molar-refractivity contribution is 5.74. The molecule has 9 heteroatoms. The first-order valence-electron chi connectivity index (χ1n) is 9.90. The van der Waals surface area contributed by atoms with Gasteiger partial charge in [0, 0.05) is 13.5 Å². The third-order valence-corrected chi connectivity index (χ3v) is 5.99. The molecule has 29 heavy (non-hydrogen) atoms. The summed E-state index contributed by atoms with van der Waals surface area (Å²) >= 11 is 0. The van der Waals surface area contributed by atoms with Gasteiger partial charge in [-0.2, -0.15) is 0 Å². The summed E-state index contributed by atoms with van der Waals surface area (Å²) in [5, 5.41) is 27.3. The van der Waals surface area contributed by atoms with Crippen LogP contribution in [-0.4, -0.2) is 55.5 Å². The summed E-state index contributed by atoms with van der Waals surface area (Å²) in [5.41, 5.74) is 1.78. The monoisotopic (exact) mass is 402 g/mol. The third-order valence-electron chi connectivity index (χ3n) is 5.99. The van der Waals surface area contributed by atoms with Crippen molar-refractivity contribution in [2.75, 3.05) is 13.2 Å². The Bertz CT molecular complexity index is 910. The van der Waals surface area contributed by atoms with Crippen molar-refractivity contribution in [2.24, 2.45) is 12.5 Å². The smallest absolute Gasteiger partial charge is 0.309 e. The molecule has 2 aliphatic rings. The molecule has 2 aromatic heterocycles. The van der Waals surface area contributed by atoms with E-state index in [1.807, 2.05) is 6.07 Å². The van der Waals surface area contributed by atoms with Crippen LogP contribution in [0.1, 0.15) is 49.9 Å². The van der Waals surface area contributed by atoms with Gasteiger partial charge in [0.2, 0.25) is 0 Å². The first kappa shape index (κ1) is 19.8. The number of hydrogen-bond donors (Lipinski definition) is 2. The van der Waals surface area contributed by atoms with Crippen LogP contribution in [0.2, 0.25) is 0 Å². The summed E-state index contributed by atoms with van der Waals surface area (Å²) < 4.78 is 13.1. The Labute approximate surface area is 168 Å². The number of aromatic nitrogens is 4. The van der Waals surface area contributed by atoms with E-state index in [9.17, 15) is 15.0 Å². The van der Waals surface area contributed by atoms with Crippen LogP contribution in [0.15, 0.2) is 12.1 Å². The van der Waals surface area contributed by atoms with Crippen molar-refractivity contribution in [1.29, 1.82) is 0 Å². The van der Waals surface area contributed by atoms with Crippen molar-refractivity contribution in [3.8, 4) is 17.1 Å².